The van der Waals surface area contributed by atoms with Crippen molar-refractivity contribution in [2.24, 2.45) is 0 Å². The Labute approximate surface area is 110 Å². The summed E-state index contributed by atoms with van der Waals surface area (Å²) in [4.78, 5) is 17.1. The molecule has 0 bridgehead atoms. The van der Waals surface area contributed by atoms with E-state index in [2.05, 4.69) is 26.2 Å². The summed E-state index contributed by atoms with van der Waals surface area (Å²) in [7, 11) is 0. The second-order valence-corrected chi connectivity index (χ2v) is 5.28. The number of carbonyl (C=O) groups is 1. The summed E-state index contributed by atoms with van der Waals surface area (Å²) in [6.07, 6.45) is 4.16. The molecule has 1 aliphatic rings. The summed E-state index contributed by atoms with van der Waals surface area (Å²) in [5, 5.41) is 3.42. The number of halogens is 1. The molecule has 2 N–H and O–H groups in total. The molecule has 1 unspecified atom stereocenters. The second-order valence-electron chi connectivity index (χ2n) is 4.37. The highest BCUT2D eigenvalue weighted by molar-refractivity contribution is 9.10. The Hall–Kier alpha value is -0.810. The van der Waals surface area contributed by atoms with Crippen molar-refractivity contribution in [2.45, 2.75) is 25.8 Å². The Balaban J connectivity index is 1.99. The molecule has 1 aliphatic heterocycles. The normalized spacial score (nSPS) is 19.5. The monoisotopic (exact) mass is 299 g/mol. The van der Waals surface area contributed by atoms with Crippen LogP contribution in [0, 0.1) is 0 Å². The molecular weight excluding hydrogens is 282 g/mol. The lowest BCUT2D eigenvalue weighted by Gasteiger charge is -2.24. The van der Waals surface area contributed by atoms with Crippen molar-refractivity contribution in [2.75, 3.05) is 19.6 Å². The Bertz CT molecular complexity index is 385. The van der Waals surface area contributed by atoms with E-state index in [1.807, 2.05) is 17.9 Å². The van der Waals surface area contributed by atoms with Crippen LogP contribution in [0.2, 0.25) is 0 Å². The predicted octanol–water partition coefficient (Wildman–Crippen LogP) is 1.99. The van der Waals surface area contributed by atoms with Crippen LogP contribution in [0.3, 0.4) is 0 Å². The standard InChI is InChI=1S/C12H18BrN3O/c1-2-16(8-10-4-3-5-14-10)12(17)11-6-9(13)7-15-11/h6-7,10,14-15H,2-5,8H2,1H3. The SMILES string of the molecule is CCN(CC1CCCN1)C(=O)c1cc(Br)c[nH]1. The van der Waals surface area contributed by atoms with E-state index in [1.54, 1.807) is 6.20 Å². The number of carbonyl (C=O) groups excluding carboxylic acids is 1. The van der Waals surface area contributed by atoms with Gasteiger partial charge in [-0.3, -0.25) is 4.79 Å². The van der Waals surface area contributed by atoms with Crippen LogP contribution in [0.4, 0.5) is 0 Å². The van der Waals surface area contributed by atoms with Crippen molar-refractivity contribution in [1.82, 2.24) is 15.2 Å². The molecule has 94 valence electrons. The van der Waals surface area contributed by atoms with E-state index in [0.717, 1.165) is 30.5 Å². The third-order valence-electron chi connectivity index (χ3n) is 3.15. The van der Waals surface area contributed by atoms with Gasteiger partial charge in [-0.15, -0.1) is 0 Å². The van der Waals surface area contributed by atoms with Crippen LogP contribution in [0.1, 0.15) is 30.3 Å². The summed E-state index contributed by atoms with van der Waals surface area (Å²) < 4.78 is 0.913. The van der Waals surface area contributed by atoms with Gasteiger partial charge >= 0.3 is 0 Å². The summed E-state index contributed by atoms with van der Waals surface area (Å²) in [6, 6.07) is 2.28. The highest BCUT2D eigenvalue weighted by Crippen LogP contribution is 2.14. The van der Waals surface area contributed by atoms with Crippen molar-refractivity contribution >= 4 is 21.8 Å². The zero-order valence-corrected chi connectivity index (χ0v) is 11.6. The maximum atomic E-state index is 12.2. The Kier molecular flexibility index (Phi) is 4.23. The van der Waals surface area contributed by atoms with Gasteiger partial charge in [0.1, 0.15) is 5.69 Å². The fourth-order valence-electron chi connectivity index (χ4n) is 2.20. The first-order valence-electron chi connectivity index (χ1n) is 6.07. The first-order valence-corrected chi connectivity index (χ1v) is 6.86. The van der Waals surface area contributed by atoms with E-state index in [1.165, 1.54) is 6.42 Å². The highest BCUT2D eigenvalue weighted by atomic mass is 79.9. The van der Waals surface area contributed by atoms with Crippen molar-refractivity contribution in [3.05, 3.63) is 22.4 Å². The van der Waals surface area contributed by atoms with Gasteiger partial charge in [0.2, 0.25) is 0 Å². The lowest BCUT2D eigenvalue weighted by atomic mass is 10.2. The lowest BCUT2D eigenvalue weighted by molar-refractivity contribution is 0.0746. The van der Waals surface area contributed by atoms with Gasteiger partial charge in [0.05, 0.1) is 0 Å². The average molecular weight is 300 g/mol. The number of H-pyrrole nitrogens is 1. The van der Waals surface area contributed by atoms with Crippen LogP contribution < -0.4 is 5.32 Å². The maximum Gasteiger partial charge on any atom is 0.270 e. The van der Waals surface area contributed by atoms with E-state index < -0.39 is 0 Å². The topological polar surface area (TPSA) is 48.1 Å². The van der Waals surface area contributed by atoms with Gasteiger partial charge in [0, 0.05) is 29.8 Å². The largest absolute Gasteiger partial charge is 0.356 e. The molecular formula is C12H18BrN3O. The number of nitrogens with one attached hydrogen (secondary N) is 2. The number of amides is 1. The van der Waals surface area contributed by atoms with E-state index in [0.29, 0.717) is 11.7 Å². The molecule has 2 rings (SSSR count). The molecule has 1 atom stereocenters. The molecule has 17 heavy (non-hydrogen) atoms. The van der Waals surface area contributed by atoms with Gasteiger partial charge in [-0.2, -0.15) is 0 Å². The zero-order chi connectivity index (χ0) is 12.3. The molecule has 0 aliphatic carbocycles. The summed E-state index contributed by atoms with van der Waals surface area (Å²) >= 11 is 3.35. The quantitative estimate of drug-likeness (QED) is 0.893. The van der Waals surface area contributed by atoms with Crippen LogP contribution in [0.5, 0.6) is 0 Å². The van der Waals surface area contributed by atoms with Gasteiger partial charge in [0.15, 0.2) is 0 Å². The Morgan fingerprint density at radius 3 is 3.00 bits per heavy atom. The van der Waals surface area contributed by atoms with E-state index in [9.17, 15) is 4.79 Å². The number of rotatable bonds is 4. The van der Waals surface area contributed by atoms with Gasteiger partial charge in [-0.05, 0) is 48.3 Å². The maximum absolute atomic E-state index is 12.2. The molecule has 1 aromatic heterocycles. The van der Waals surface area contributed by atoms with Crippen LogP contribution in [-0.4, -0.2) is 41.5 Å². The third-order valence-corrected chi connectivity index (χ3v) is 3.61. The predicted molar refractivity (Wildman–Crippen MR) is 71.1 cm³/mol. The van der Waals surface area contributed by atoms with E-state index in [-0.39, 0.29) is 5.91 Å². The van der Waals surface area contributed by atoms with Crippen LogP contribution >= 0.6 is 15.9 Å². The highest BCUT2D eigenvalue weighted by Gasteiger charge is 2.21. The number of aromatic amines is 1. The summed E-state index contributed by atoms with van der Waals surface area (Å²) in [5.41, 5.74) is 0.650. The summed E-state index contributed by atoms with van der Waals surface area (Å²) in [6.45, 7) is 4.63. The summed E-state index contributed by atoms with van der Waals surface area (Å²) in [5.74, 6) is 0.0758. The number of likely N-dealkylation sites (N-methyl/N-ethyl adjacent to an activating group) is 1. The number of nitrogens with zero attached hydrogens (tertiary/aromatic N) is 1. The smallest absolute Gasteiger partial charge is 0.270 e. The molecule has 1 aromatic rings. The molecule has 4 nitrogen and oxygen atoms in total. The number of hydrogen-bond donors (Lipinski definition) is 2. The molecule has 5 heteroatoms. The van der Waals surface area contributed by atoms with Gasteiger partial charge < -0.3 is 15.2 Å². The van der Waals surface area contributed by atoms with Crippen molar-refractivity contribution in [3.63, 3.8) is 0 Å². The average Bonchev–Trinajstić information content (AvgIpc) is 2.96. The van der Waals surface area contributed by atoms with Crippen LogP contribution in [0.15, 0.2) is 16.7 Å². The van der Waals surface area contributed by atoms with Crippen LogP contribution in [-0.2, 0) is 0 Å². The molecule has 1 amide bonds. The molecule has 0 spiro atoms. The minimum atomic E-state index is 0.0758. The molecule has 0 saturated carbocycles. The van der Waals surface area contributed by atoms with Crippen LogP contribution in [0.25, 0.3) is 0 Å². The number of hydrogen-bond acceptors (Lipinski definition) is 2. The number of aromatic nitrogens is 1. The first-order chi connectivity index (χ1) is 8.20. The minimum absolute atomic E-state index is 0.0758. The minimum Gasteiger partial charge on any atom is -0.356 e. The fraction of sp³-hybridized carbons (Fsp3) is 0.583. The van der Waals surface area contributed by atoms with E-state index >= 15 is 0 Å². The van der Waals surface area contributed by atoms with Crippen molar-refractivity contribution < 1.29 is 4.79 Å². The molecule has 1 fully saturated rings. The van der Waals surface area contributed by atoms with Gasteiger partial charge in [0.25, 0.3) is 5.91 Å². The molecule has 2 heterocycles. The molecule has 1 saturated heterocycles. The molecule has 0 aromatic carbocycles. The van der Waals surface area contributed by atoms with Crippen molar-refractivity contribution in [3.8, 4) is 0 Å². The van der Waals surface area contributed by atoms with Gasteiger partial charge in [-0.25, -0.2) is 0 Å². The van der Waals surface area contributed by atoms with E-state index in [4.69, 9.17) is 0 Å². The Morgan fingerprint density at radius 2 is 2.47 bits per heavy atom. The zero-order valence-electron chi connectivity index (χ0n) is 10.0. The van der Waals surface area contributed by atoms with Gasteiger partial charge in [-0.1, -0.05) is 0 Å². The second kappa shape index (κ2) is 5.69. The third kappa shape index (κ3) is 3.10. The lowest BCUT2D eigenvalue weighted by Crippen LogP contribution is -2.41. The Morgan fingerprint density at radius 1 is 1.65 bits per heavy atom. The first kappa shape index (κ1) is 12.6. The van der Waals surface area contributed by atoms with Crippen molar-refractivity contribution in [1.29, 1.82) is 0 Å². The molecule has 0 radical (unpaired) electrons. The fourth-order valence-corrected chi connectivity index (χ4v) is 2.54.